The third-order valence-electron chi connectivity index (χ3n) is 6.60. The zero-order valence-corrected chi connectivity index (χ0v) is 22.9. The van der Waals surface area contributed by atoms with Crippen LogP contribution in [0.3, 0.4) is 0 Å². The average Bonchev–Trinajstić information content (AvgIpc) is 2.97. The van der Waals surface area contributed by atoms with Gasteiger partial charge in [-0.1, -0.05) is 47.5 Å². The quantitative estimate of drug-likeness (QED) is 0.325. The number of anilines is 1. The van der Waals surface area contributed by atoms with Crippen LogP contribution in [0.4, 0.5) is 5.95 Å². The number of halogens is 2. The molecule has 200 valence electrons. The van der Waals surface area contributed by atoms with Crippen molar-refractivity contribution in [2.24, 2.45) is 0 Å². The molecule has 4 aromatic rings. The minimum absolute atomic E-state index is 0.185. The van der Waals surface area contributed by atoms with E-state index in [9.17, 15) is 9.59 Å². The van der Waals surface area contributed by atoms with E-state index < -0.39 is 0 Å². The molecular weight excluding hydrogens is 539 g/mol. The number of fused-ring (bicyclic) bond motifs is 1. The van der Waals surface area contributed by atoms with Gasteiger partial charge in [-0.05, 0) is 54.4 Å². The SMILES string of the molecule is COc1cccc(CNc2nc3c(c(=O)n2-c2ccccc2OC)CCN(C(=O)c2ccc(Cl)c(Cl)c2)C3)c1. The summed E-state index contributed by atoms with van der Waals surface area (Å²) in [5.41, 5.74) is 2.84. The van der Waals surface area contributed by atoms with E-state index in [1.807, 2.05) is 42.5 Å². The van der Waals surface area contributed by atoms with Gasteiger partial charge >= 0.3 is 0 Å². The van der Waals surface area contributed by atoms with Crippen LogP contribution in [0.15, 0.2) is 71.5 Å². The van der Waals surface area contributed by atoms with Gasteiger partial charge < -0.3 is 19.7 Å². The molecule has 1 aliphatic rings. The second kappa shape index (κ2) is 11.4. The molecule has 2 heterocycles. The van der Waals surface area contributed by atoms with E-state index in [4.69, 9.17) is 37.7 Å². The van der Waals surface area contributed by atoms with Crippen LogP contribution in [-0.4, -0.2) is 41.1 Å². The van der Waals surface area contributed by atoms with Crippen molar-refractivity contribution >= 4 is 35.1 Å². The molecule has 0 aliphatic carbocycles. The summed E-state index contributed by atoms with van der Waals surface area (Å²) in [7, 11) is 3.17. The Morgan fingerprint density at radius 3 is 2.59 bits per heavy atom. The van der Waals surface area contributed by atoms with Gasteiger partial charge in [-0.15, -0.1) is 0 Å². The van der Waals surface area contributed by atoms with Crippen molar-refractivity contribution in [3.8, 4) is 17.2 Å². The lowest BCUT2D eigenvalue weighted by Gasteiger charge is -2.29. The first-order chi connectivity index (χ1) is 18.9. The van der Waals surface area contributed by atoms with Crippen molar-refractivity contribution < 1.29 is 14.3 Å². The van der Waals surface area contributed by atoms with Gasteiger partial charge in [-0.3, -0.25) is 9.59 Å². The summed E-state index contributed by atoms with van der Waals surface area (Å²) in [6, 6.07) is 19.7. The van der Waals surface area contributed by atoms with Crippen molar-refractivity contribution in [1.82, 2.24) is 14.5 Å². The molecule has 0 radical (unpaired) electrons. The number of hydrogen-bond acceptors (Lipinski definition) is 6. The molecule has 0 saturated heterocycles. The number of carbonyl (C=O) groups is 1. The molecule has 0 unspecified atom stereocenters. The first-order valence-electron chi connectivity index (χ1n) is 12.3. The van der Waals surface area contributed by atoms with Gasteiger partial charge in [0.1, 0.15) is 11.5 Å². The number of amides is 1. The Morgan fingerprint density at radius 1 is 1.00 bits per heavy atom. The lowest BCUT2D eigenvalue weighted by molar-refractivity contribution is 0.0731. The molecule has 1 aromatic heterocycles. The predicted octanol–water partition coefficient (Wildman–Crippen LogP) is 5.37. The fourth-order valence-corrected chi connectivity index (χ4v) is 4.89. The van der Waals surface area contributed by atoms with E-state index in [1.54, 1.807) is 43.4 Å². The highest BCUT2D eigenvalue weighted by Crippen LogP contribution is 2.28. The van der Waals surface area contributed by atoms with Crippen LogP contribution >= 0.6 is 23.2 Å². The molecule has 5 rings (SSSR count). The van der Waals surface area contributed by atoms with Crippen molar-refractivity contribution in [3.05, 3.63) is 110 Å². The maximum Gasteiger partial charge on any atom is 0.263 e. The number of methoxy groups -OCH3 is 2. The number of nitrogens with one attached hydrogen (secondary N) is 1. The van der Waals surface area contributed by atoms with Gasteiger partial charge in [0.05, 0.1) is 42.2 Å². The monoisotopic (exact) mass is 564 g/mol. The van der Waals surface area contributed by atoms with Gasteiger partial charge in [0.25, 0.3) is 11.5 Å². The Kier molecular flexibility index (Phi) is 7.77. The molecule has 1 N–H and O–H groups in total. The molecule has 8 nitrogen and oxygen atoms in total. The minimum Gasteiger partial charge on any atom is -0.497 e. The zero-order chi connectivity index (χ0) is 27.5. The molecule has 3 aromatic carbocycles. The summed E-state index contributed by atoms with van der Waals surface area (Å²) in [5.74, 6) is 1.40. The van der Waals surface area contributed by atoms with E-state index in [1.165, 1.54) is 4.57 Å². The van der Waals surface area contributed by atoms with Gasteiger partial charge in [-0.25, -0.2) is 9.55 Å². The molecule has 0 fully saturated rings. The van der Waals surface area contributed by atoms with E-state index >= 15 is 0 Å². The summed E-state index contributed by atoms with van der Waals surface area (Å²) in [6.45, 7) is 0.944. The Balaban J connectivity index is 1.54. The Labute approximate surface area is 235 Å². The first-order valence-corrected chi connectivity index (χ1v) is 13.0. The summed E-state index contributed by atoms with van der Waals surface area (Å²) in [5, 5.41) is 4.00. The largest absolute Gasteiger partial charge is 0.497 e. The summed E-state index contributed by atoms with van der Waals surface area (Å²) in [4.78, 5) is 33.7. The van der Waals surface area contributed by atoms with Crippen molar-refractivity contribution in [2.45, 2.75) is 19.5 Å². The topological polar surface area (TPSA) is 85.7 Å². The van der Waals surface area contributed by atoms with Gasteiger partial charge in [0.2, 0.25) is 5.95 Å². The van der Waals surface area contributed by atoms with Gasteiger partial charge in [0.15, 0.2) is 0 Å². The highest BCUT2D eigenvalue weighted by Gasteiger charge is 2.28. The zero-order valence-electron chi connectivity index (χ0n) is 21.4. The second-order valence-corrected chi connectivity index (χ2v) is 9.80. The van der Waals surface area contributed by atoms with Crippen LogP contribution in [-0.2, 0) is 19.5 Å². The molecule has 10 heteroatoms. The number of ether oxygens (including phenoxy) is 2. The standard InChI is InChI=1S/C29H26Cl2N4O4/c1-38-20-7-5-6-18(14-20)16-32-29-33-24-17-34(27(36)19-10-11-22(30)23(31)15-19)13-12-21(24)28(37)35(29)25-8-3-4-9-26(25)39-2/h3-11,14-15H,12-13,16-17H2,1-2H3,(H,32,33). The van der Waals surface area contributed by atoms with Crippen molar-refractivity contribution in [2.75, 3.05) is 26.1 Å². The predicted molar refractivity (Wildman–Crippen MR) is 152 cm³/mol. The summed E-state index contributed by atoms with van der Waals surface area (Å²) < 4.78 is 12.4. The maximum absolute atomic E-state index is 13.9. The number of aromatic nitrogens is 2. The Bertz CT molecular complexity index is 1600. The third-order valence-corrected chi connectivity index (χ3v) is 7.34. The number of hydrogen-bond donors (Lipinski definition) is 1. The normalized spacial score (nSPS) is 12.6. The number of benzene rings is 3. The molecule has 0 atom stereocenters. The molecule has 1 aliphatic heterocycles. The Hall–Kier alpha value is -4.01. The Morgan fingerprint density at radius 2 is 1.82 bits per heavy atom. The molecular formula is C29H26Cl2N4O4. The minimum atomic E-state index is -0.209. The van der Waals surface area contributed by atoms with E-state index in [2.05, 4.69) is 5.32 Å². The average molecular weight is 565 g/mol. The van der Waals surface area contributed by atoms with Gasteiger partial charge in [0, 0.05) is 24.2 Å². The maximum atomic E-state index is 13.9. The molecule has 39 heavy (non-hydrogen) atoms. The van der Waals surface area contributed by atoms with Crippen LogP contribution in [0.1, 0.15) is 27.2 Å². The highest BCUT2D eigenvalue weighted by molar-refractivity contribution is 6.42. The van der Waals surface area contributed by atoms with Crippen LogP contribution in [0.5, 0.6) is 11.5 Å². The first kappa shape index (κ1) is 26.6. The molecule has 1 amide bonds. The lowest BCUT2D eigenvalue weighted by Crippen LogP contribution is -2.41. The highest BCUT2D eigenvalue weighted by atomic mass is 35.5. The van der Waals surface area contributed by atoms with Gasteiger partial charge in [-0.2, -0.15) is 0 Å². The van der Waals surface area contributed by atoms with Crippen LogP contribution in [0.2, 0.25) is 10.0 Å². The van der Waals surface area contributed by atoms with Crippen LogP contribution in [0.25, 0.3) is 5.69 Å². The molecule has 0 bridgehead atoms. The summed E-state index contributed by atoms with van der Waals surface area (Å²) >= 11 is 12.2. The molecule has 0 saturated carbocycles. The summed E-state index contributed by atoms with van der Waals surface area (Å²) in [6.07, 6.45) is 0.361. The van der Waals surface area contributed by atoms with E-state index in [0.717, 1.165) is 11.3 Å². The van der Waals surface area contributed by atoms with E-state index in [0.29, 0.717) is 63.8 Å². The smallest absolute Gasteiger partial charge is 0.263 e. The van der Waals surface area contributed by atoms with Crippen molar-refractivity contribution in [3.63, 3.8) is 0 Å². The fraction of sp³-hybridized carbons (Fsp3) is 0.207. The van der Waals surface area contributed by atoms with E-state index in [-0.39, 0.29) is 18.0 Å². The second-order valence-electron chi connectivity index (χ2n) is 8.98. The third kappa shape index (κ3) is 5.44. The lowest BCUT2D eigenvalue weighted by atomic mass is 10.0. The number of rotatable bonds is 7. The van der Waals surface area contributed by atoms with Crippen LogP contribution in [0, 0.1) is 0 Å². The molecule has 0 spiro atoms. The number of para-hydroxylation sites is 2. The number of nitrogens with zero attached hydrogens (tertiary/aromatic N) is 3. The fourth-order valence-electron chi connectivity index (χ4n) is 4.59. The van der Waals surface area contributed by atoms with Crippen molar-refractivity contribution in [1.29, 1.82) is 0 Å². The van der Waals surface area contributed by atoms with Crippen LogP contribution < -0.4 is 20.3 Å². The number of carbonyl (C=O) groups excluding carboxylic acids is 1.